The van der Waals surface area contributed by atoms with E-state index in [4.69, 9.17) is 10.8 Å². The van der Waals surface area contributed by atoms with Gasteiger partial charge in [0.05, 0.1) is 11.6 Å². The summed E-state index contributed by atoms with van der Waals surface area (Å²) >= 11 is 0. The lowest BCUT2D eigenvalue weighted by atomic mass is 10.1. The molecule has 0 unspecified atom stereocenters. The van der Waals surface area contributed by atoms with Crippen LogP contribution in [-0.2, 0) is 0 Å². The molecule has 0 aromatic heterocycles. The minimum absolute atomic E-state index is 0.130. The fraction of sp³-hybridized carbons (Fsp3) is 0.429. The minimum atomic E-state index is -0.934. The van der Waals surface area contributed by atoms with Gasteiger partial charge in [-0.05, 0) is 24.6 Å². The Bertz CT molecular complexity index is 564. The topological polar surface area (TPSA) is 86.9 Å². The van der Waals surface area contributed by atoms with Gasteiger partial charge in [0.25, 0.3) is 5.91 Å². The van der Waals surface area contributed by atoms with Gasteiger partial charge in [0.2, 0.25) is 0 Å². The number of carbonyl (C=O) groups excluding carboxylic acids is 1. The summed E-state index contributed by atoms with van der Waals surface area (Å²) in [4.78, 5) is 25.5. The molecule has 2 rings (SSSR count). The summed E-state index contributed by atoms with van der Waals surface area (Å²) in [5.41, 5.74) is 5.56. The summed E-state index contributed by atoms with van der Waals surface area (Å²) in [6.07, 6.45) is -0.248. The number of rotatable bonds is 3. The lowest BCUT2D eigenvalue weighted by Crippen LogP contribution is -2.54. The van der Waals surface area contributed by atoms with Crippen molar-refractivity contribution in [1.82, 2.24) is 4.90 Å². The second kappa shape index (κ2) is 5.99. The normalized spacial score (nSPS) is 18.7. The summed E-state index contributed by atoms with van der Waals surface area (Å²) in [6, 6.07) is 4.13. The van der Waals surface area contributed by atoms with E-state index in [0.717, 1.165) is 0 Å². The largest absolute Gasteiger partial charge is 0.465 e. The molecule has 6 nitrogen and oxygen atoms in total. The molecule has 21 heavy (non-hydrogen) atoms. The summed E-state index contributed by atoms with van der Waals surface area (Å²) in [7, 11) is 0. The predicted octanol–water partition coefficient (Wildman–Crippen LogP) is 1.50. The lowest BCUT2D eigenvalue weighted by Gasteiger charge is -2.40. The zero-order valence-corrected chi connectivity index (χ0v) is 11.8. The van der Waals surface area contributed by atoms with Crippen LogP contribution in [0.4, 0.5) is 14.9 Å². The number of hydrogen-bond acceptors (Lipinski definition) is 3. The zero-order valence-electron chi connectivity index (χ0n) is 11.8. The Kier molecular flexibility index (Phi) is 4.30. The van der Waals surface area contributed by atoms with Gasteiger partial charge in [-0.1, -0.05) is 6.92 Å². The number of piperazine rings is 1. The van der Waals surface area contributed by atoms with E-state index in [9.17, 15) is 14.0 Å². The first-order valence-corrected chi connectivity index (χ1v) is 6.78. The first-order chi connectivity index (χ1) is 9.93. The van der Waals surface area contributed by atoms with E-state index in [1.165, 1.54) is 17.0 Å². The fourth-order valence-electron chi connectivity index (χ4n) is 2.59. The van der Waals surface area contributed by atoms with Crippen molar-refractivity contribution in [3.63, 3.8) is 0 Å². The highest BCUT2D eigenvalue weighted by Crippen LogP contribution is 2.23. The van der Waals surface area contributed by atoms with E-state index in [2.05, 4.69) is 0 Å². The standard InChI is InChI=1S/C14H18FN3O3/c1-2-9-8-17(5-6-18(9)14(20)21)10-3-4-11(13(16)19)12(15)7-10/h3-4,7,9H,2,5-6,8H2,1H3,(H2,16,19)(H,20,21)/t9-/m1/s1. The quantitative estimate of drug-likeness (QED) is 0.884. The van der Waals surface area contributed by atoms with Crippen LogP contribution < -0.4 is 10.6 Å². The van der Waals surface area contributed by atoms with E-state index in [-0.39, 0.29) is 11.6 Å². The first kappa shape index (κ1) is 15.1. The van der Waals surface area contributed by atoms with Gasteiger partial charge in [0, 0.05) is 25.3 Å². The van der Waals surface area contributed by atoms with Gasteiger partial charge in [-0.15, -0.1) is 0 Å². The van der Waals surface area contributed by atoms with Crippen molar-refractivity contribution in [2.45, 2.75) is 19.4 Å². The van der Waals surface area contributed by atoms with Crippen molar-refractivity contribution in [1.29, 1.82) is 0 Å². The van der Waals surface area contributed by atoms with E-state index in [1.54, 1.807) is 6.07 Å². The van der Waals surface area contributed by atoms with E-state index in [1.807, 2.05) is 11.8 Å². The molecule has 1 saturated heterocycles. The molecule has 1 aliphatic heterocycles. The number of hydrogen-bond donors (Lipinski definition) is 2. The molecule has 0 spiro atoms. The molecule has 0 bridgehead atoms. The molecular weight excluding hydrogens is 277 g/mol. The number of primary amides is 1. The van der Waals surface area contributed by atoms with Gasteiger partial charge in [-0.3, -0.25) is 4.79 Å². The van der Waals surface area contributed by atoms with Crippen molar-refractivity contribution in [2.75, 3.05) is 24.5 Å². The first-order valence-electron chi connectivity index (χ1n) is 6.78. The third-order valence-electron chi connectivity index (χ3n) is 3.78. The highest BCUT2D eigenvalue weighted by molar-refractivity contribution is 5.93. The average Bonchev–Trinajstić information content (AvgIpc) is 2.45. The Balaban J connectivity index is 2.18. The molecule has 2 amide bonds. The van der Waals surface area contributed by atoms with Crippen molar-refractivity contribution in [3.8, 4) is 0 Å². The van der Waals surface area contributed by atoms with Crippen LogP contribution in [0.2, 0.25) is 0 Å². The van der Waals surface area contributed by atoms with Crippen molar-refractivity contribution >= 4 is 17.7 Å². The number of anilines is 1. The van der Waals surface area contributed by atoms with Crippen molar-refractivity contribution in [2.24, 2.45) is 5.73 Å². The van der Waals surface area contributed by atoms with Crippen molar-refractivity contribution < 1.29 is 19.1 Å². The van der Waals surface area contributed by atoms with Crippen molar-refractivity contribution in [3.05, 3.63) is 29.6 Å². The Morgan fingerprint density at radius 3 is 2.67 bits per heavy atom. The van der Waals surface area contributed by atoms with Crippen LogP contribution in [0.3, 0.4) is 0 Å². The molecule has 1 atom stereocenters. The number of nitrogens with zero attached hydrogens (tertiary/aromatic N) is 2. The molecule has 0 radical (unpaired) electrons. The second-order valence-corrected chi connectivity index (χ2v) is 5.01. The van der Waals surface area contributed by atoms with Gasteiger partial charge in [-0.2, -0.15) is 0 Å². The third kappa shape index (κ3) is 3.07. The number of carbonyl (C=O) groups is 2. The van der Waals surface area contributed by atoms with E-state index < -0.39 is 17.8 Å². The highest BCUT2D eigenvalue weighted by atomic mass is 19.1. The Hall–Kier alpha value is -2.31. The summed E-state index contributed by atoms with van der Waals surface area (Å²) in [6.45, 7) is 3.27. The zero-order chi connectivity index (χ0) is 15.6. The van der Waals surface area contributed by atoms with E-state index >= 15 is 0 Å². The second-order valence-electron chi connectivity index (χ2n) is 5.01. The number of halogens is 1. The van der Waals surface area contributed by atoms with Crippen LogP contribution in [0, 0.1) is 5.82 Å². The molecule has 1 aromatic rings. The predicted molar refractivity (Wildman–Crippen MR) is 75.9 cm³/mol. The number of carboxylic acid groups (broad SMARTS) is 1. The smallest absolute Gasteiger partial charge is 0.407 e. The van der Waals surface area contributed by atoms with E-state index in [0.29, 0.717) is 31.7 Å². The fourth-order valence-corrected chi connectivity index (χ4v) is 2.59. The summed E-state index contributed by atoms with van der Waals surface area (Å²) < 4.78 is 13.8. The Morgan fingerprint density at radius 1 is 1.43 bits per heavy atom. The van der Waals surface area contributed by atoms with Gasteiger partial charge < -0.3 is 20.6 Å². The lowest BCUT2D eigenvalue weighted by molar-refractivity contribution is 0.0995. The molecule has 7 heteroatoms. The highest BCUT2D eigenvalue weighted by Gasteiger charge is 2.29. The van der Waals surface area contributed by atoms with Crippen LogP contribution in [0.15, 0.2) is 18.2 Å². The van der Waals surface area contributed by atoms with Gasteiger partial charge in [0.15, 0.2) is 0 Å². The molecule has 0 aliphatic carbocycles. The van der Waals surface area contributed by atoms with Gasteiger partial charge >= 0.3 is 6.09 Å². The number of amides is 2. The summed E-state index contributed by atoms with van der Waals surface area (Å²) in [5.74, 6) is -1.46. The SMILES string of the molecule is CC[C@@H]1CN(c2ccc(C(N)=O)c(F)c2)CCN1C(=O)O. The molecule has 114 valence electrons. The maximum Gasteiger partial charge on any atom is 0.407 e. The molecule has 1 aromatic carbocycles. The van der Waals surface area contributed by atoms with Crippen LogP contribution in [-0.4, -0.2) is 47.7 Å². The third-order valence-corrected chi connectivity index (χ3v) is 3.78. The maximum absolute atomic E-state index is 13.8. The average molecular weight is 295 g/mol. The van der Waals surface area contributed by atoms with Crippen LogP contribution in [0.5, 0.6) is 0 Å². The molecular formula is C14H18FN3O3. The summed E-state index contributed by atoms with van der Waals surface area (Å²) in [5, 5.41) is 9.13. The Labute approximate surface area is 121 Å². The Morgan fingerprint density at radius 2 is 2.14 bits per heavy atom. The molecule has 3 N–H and O–H groups in total. The monoisotopic (exact) mass is 295 g/mol. The minimum Gasteiger partial charge on any atom is -0.465 e. The molecule has 1 heterocycles. The van der Waals surface area contributed by atoms with Crippen LogP contribution >= 0.6 is 0 Å². The molecule has 1 fully saturated rings. The molecule has 1 aliphatic rings. The van der Waals surface area contributed by atoms with Gasteiger partial charge in [0.1, 0.15) is 5.82 Å². The maximum atomic E-state index is 13.8. The van der Waals surface area contributed by atoms with Gasteiger partial charge in [-0.25, -0.2) is 9.18 Å². The number of benzene rings is 1. The number of nitrogens with two attached hydrogens (primary N) is 1. The van der Waals surface area contributed by atoms with Crippen LogP contribution in [0.1, 0.15) is 23.7 Å². The van der Waals surface area contributed by atoms with Crippen LogP contribution in [0.25, 0.3) is 0 Å². The molecule has 0 saturated carbocycles.